The van der Waals surface area contributed by atoms with Gasteiger partial charge in [-0.05, 0) is 50.7 Å². The van der Waals surface area contributed by atoms with E-state index in [0.29, 0.717) is 17.0 Å². The first-order valence-electron chi connectivity index (χ1n) is 8.63. The molecule has 1 aliphatic rings. The number of pyridine rings is 2. The third-order valence-electron chi connectivity index (χ3n) is 4.60. The van der Waals surface area contributed by atoms with Crippen molar-refractivity contribution in [2.75, 3.05) is 38.1 Å². The van der Waals surface area contributed by atoms with Crippen LogP contribution in [0.2, 0.25) is 0 Å². The Hall–Kier alpha value is -2.53. The van der Waals surface area contributed by atoms with Gasteiger partial charge in [0.05, 0.1) is 0 Å². The molecule has 3 heterocycles. The molecule has 0 saturated carbocycles. The van der Waals surface area contributed by atoms with E-state index in [0.717, 1.165) is 44.0 Å². The lowest BCUT2D eigenvalue weighted by atomic mass is 10.0. The number of carbonyl (C=O) groups is 1. The van der Waals surface area contributed by atoms with Crippen molar-refractivity contribution in [2.24, 2.45) is 0 Å². The number of hydrogen-bond acceptors (Lipinski definition) is 5. The van der Waals surface area contributed by atoms with Gasteiger partial charge in [-0.25, -0.2) is 4.98 Å². The van der Waals surface area contributed by atoms with Crippen molar-refractivity contribution in [2.45, 2.75) is 13.3 Å². The van der Waals surface area contributed by atoms with E-state index in [1.807, 2.05) is 25.1 Å². The van der Waals surface area contributed by atoms with Crippen molar-refractivity contribution in [3.63, 3.8) is 0 Å². The number of rotatable bonds is 4. The number of carbonyl (C=O) groups excluding carboxylic acids is 1. The number of anilines is 1. The standard InChI is InChI=1S/C20H24N4O.H2/c1-4-16-13-17(15(2)21-14-16)20(25)18-7-5-8-19(22-18)24-10-6-9-23(3)11-12-24;/h4-5,7-8,13-14H,1,6,9-12H2,2-3H3;1H. The summed E-state index contributed by atoms with van der Waals surface area (Å²) in [5.74, 6) is 0.772. The molecule has 5 nitrogen and oxygen atoms in total. The molecule has 3 rings (SSSR count). The predicted octanol–water partition coefficient (Wildman–Crippen LogP) is 3.05. The summed E-state index contributed by atoms with van der Waals surface area (Å²) >= 11 is 0. The fraction of sp³-hybridized carbons (Fsp3) is 0.350. The maximum atomic E-state index is 12.9. The number of hydrogen-bond donors (Lipinski definition) is 0. The smallest absolute Gasteiger partial charge is 0.213 e. The molecule has 5 heteroatoms. The summed E-state index contributed by atoms with van der Waals surface area (Å²) in [4.78, 5) is 26.4. The molecule has 1 aliphatic heterocycles. The van der Waals surface area contributed by atoms with Crippen molar-refractivity contribution in [3.05, 3.63) is 59.6 Å². The van der Waals surface area contributed by atoms with Gasteiger partial charge >= 0.3 is 0 Å². The molecule has 132 valence electrons. The predicted molar refractivity (Wildman–Crippen MR) is 103 cm³/mol. The third kappa shape index (κ3) is 3.94. The van der Waals surface area contributed by atoms with Crippen LogP contribution in [-0.4, -0.2) is 53.9 Å². The molecule has 0 bridgehead atoms. The van der Waals surface area contributed by atoms with Crippen LogP contribution < -0.4 is 4.90 Å². The Balaban J connectivity index is 0.00000243. The van der Waals surface area contributed by atoms with Crippen molar-refractivity contribution >= 4 is 17.7 Å². The Morgan fingerprint density at radius 3 is 2.92 bits per heavy atom. The summed E-state index contributed by atoms with van der Waals surface area (Å²) in [7, 11) is 2.14. The van der Waals surface area contributed by atoms with E-state index in [2.05, 4.69) is 33.4 Å². The molecule has 0 amide bonds. The maximum Gasteiger partial charge on any atom is 0.213 e. The first-order chi connectivity index (χ1) is 12.1. The Bertz CT molecular complexity index is 793. The van der Waals surface area contributed by atoms with Crippen LogP contribution in [0.5, 0.6) is 0 Å². The van der Waals surface area contributed by atoms with E-state index in [1.165, 1.54) is 0 Å². The van der Waals surface area contributed by atoms with Gasteiger partial charge in [0.15, 0.2) is 0 Å². The minimum atomic E-state index is -0.0949. The topological polar surface area (TPSA) is 49.3 Å². The lowest BCUT2D eigenvalue weighted by Gasteiger charge is -2.22. The van der Waals surface area contributed by atoms with Crippen molar-refractivity contribution in [3.8, 4) is 0 Å². The molecular formula is C20H26N4O. The van der Waals surface area contributed by atoms with Crippen LogP contribution in [0.3, 0.4) is 0 Å². The summed E-state index contributed by atoms with van der Waals surface area (Å²) in [5, 5.41) is 0. The summed E-state index contributed by atoms with van der Waals surface area (Å²) in [5.41, 5.74) is 2.58. The summed E-state index contributed by atoms with van der Waals surface area (Å²) in [6.45, 7) is 9.57. The Morgan fingerprint density at radius 1 is 1.28 bits per heavy atom. The van der Waals surface area contributed by atoms with Crippen LogP contribution >= 0.6 is 0 Å². The summed E-state index contributed by atoms with van der Waals surface area (Å²) in [6.07, 6.45) is 4.51. The second kappa shape index (κ2) is 7.57. The van der Waals surface area contributed by atoms with Gasteiger partial charge in [0.1, 0.15) is 11.5 Å². The molecule has 1 saturated heterocycles. The SMILES string of the molecule is C=Cc1cnc(C)c(C(=O)c2cccc(N3CCCN(C)CC3)n2)c1.[HH]. The van der Waals surface area contributed by atoms with Crippen LogP contribution in [0.4, 0.5) is 5.82 Å². The van der Waals surface area contributed by atoms with Crippen LogP contribution in [0.1, 0.15) is 35.2 Å². The second-order valence-electron chi connectivity index (χ2n) is 6.46. The maximum absolute atomic E-state index is 12.9. The fourth-order valence-electron chi connectivity index (χ4n) is 3.03. The molecule has 2 aromatic heterocycles. The third-order valence-corrected chi connectivity index (χ3v) is 4.60. The van der Waals surface area contributed by atoms with E-state index in [1.54, 1.807) is 18.3 Å². The van der Waals surface area contributed by atoms with Crippen LogP contribution in [0.25, 0.3) is 6.08 Å². The molecule has 0 atom stereocenters. The molecule has 1 fully saturated rings. The Morgan fingerprint density at radius 2 is 2.12 bits per heavy atom. The van der Waals surface area contributed by atoms with Gasteiger partial charge in [-0.2, -0.15) is 0 Å². The van der Waals surface area contributed by atoms with E-state index in [4.69, 9.17) is 0 Å². The number of likely N-dealkylation sites (N-methyl/N-ethyl adjacent to an activating group) is 1. The monoisotopic (exact) mass is 338 g/mol. The van der Waals surface area contributed by atoms with Crippen molar-refractivity contribution in [1.82, 2.24) is 14.9 Å². The van der Waals surface area contributed by atoms with Gasteiger partial charge in [0.25, 0.3) is 0 Å². The van der Waals surface area contributed by atoms with Gasteiger partial charge in [-0.3, -0.25) is 9.78 Å². The average molecular weight is 338 g/mol. The van der Waals surface area contributed by atoms with Gasteiger partial charge in [-0.15, -0.1) is 0 Å². The lowest BCUT2D eigenvalue weighted by Crippen LogP contribution is -2.29. The van der Waals surface area contributed by atoms with E-state index < -0.39 is 0 Å². The molecule has 0 radical (unpaired) electrons. The lowest BCUT2D eigenvalue weighted by molar-refractivity contribution is 0.103. The highest BCUT2D eigenvalue weighted by molar-refractivity contribution is 6.08. The molecule has 0 unspecified atom stereocenters. The van der Waals surface area contributed by atoms with Crippen molar-refractivity contribution in [1.29, 1.82) is 0 Å². The first-order valence-corrected chi connectivity index (χ1v) is 8.63. The quantitative estimate of drug-likeness (QED) is 0.802. The molecule has 0 aromatic carbocycles. The van der Waals surface area contributed by atoms with Gasteiger partial charge in [0, 0.05) is 38.5 Å². The van der Waals surface area contributed by atoms with E-state index in [9.17, 15) is 4.79 Å². The zero-order valence-corrected chi connectivity index (χ0v) is 14.9. The highest BCUT2D eigenvalue weighted by atomic mass is 16.1. The molecule has 0 spiro atoms. The normalized spacial score (nSPS) is 15.7. The Labute approximate surface area is 150 Å². The van der Waals surface area contributed by atoms with Crippen molar-refractivity contribution < 1.29 is 6.22 Å². The first kappa shape index (κ1) is 17.3. The molecular weight excluding hydrogens is 312 g/mol. The molecule has 0 N–H and O–H groups in total. The summed E-state index contributed by atoms with van der Waals surface area (Å²) < 4.78 is 0. The van der Waals surface area contributed by atoms with E-state index >= 15 is 0 Å². The average Bonchev–Trinajstić information content (AvgIpc) is 2.86. The van der Waals surface area contributed by atoms with Gasteiger partial charge in [-0.1, -0.05) is 18.7 Å². The largest absolute Gasteiger partial charge is 0.355 e. The highest BCUT2D eigenvalue weighted by Crippen LogP contribution is 2.18. The minimum Gasteiger partial charge on any atom is -0.355 e. The molecule has 25 heavy (non-hydrogen) atoms. The van der Waals surface area contributed by atoms with Crippen LogP contribution in [0.15, 0.2) is 37.0 Å². The van der Waals surface area contributed by atoms with Gasteiger partial charge in [0.2, 0.25) is 5.78 Å². The Kier molecular flexibility index (Phi) is 5.24. The fourth-order valence-corrected chi connectivity index (χ4v) is 3.03. The second-order valence-corrected chi connectivity index (χ2v) is 6.46. The number of ketones is 1. The molecule has 2 aromatic rings. The van der Waals surface area contributed by atoms with Gasteiger partial charge < -0.3 is 9.80 Å². The highest BCUT2D eigenvalue weighted by Gasteiger charge is 2.18. The number of nitrogens with zero attached hydrogens (tertiary/aromatic N) is 4. The van der Waals surface area contributed by atoms with Crippen LogP contribution in [0, 0.1) is 6.92 Å². The van der Waals surface area contributed by atoms with E-state index in [-0.39, 0.29) is 7.21 Å². The molecule has 0 aliphatic carbocycles. The number of aromatic nitrogens is 2. The summed E-state index contributed by atoms with van der Waals surface area (Å²) in [6, 6.07) is 7.49. The zero-order valence-electron chi connectivity index (χ0n) is 14.9. The minimum absolute atomic E-state index is 0. The number of aryl methyl sites for hydroxylation is 1. The zero-order chi connectivity index (χ0) is 17.8. The van der Waals surface area contributed by atoms with Crippen LogP contribution in [-0.2, 0) is 0 Å².